The summed E-state index contributed by atoms with van der Waals surface area (Å²) in [6, 6.07) is 4.25. The third-order valence-corrected chi connectivity index (χ3v) is 4.54. The number of hydrogen-bond donors (Lipinski definition) is 4. The molecular weight excluding hydrogens is 240 g/mol. The Morgan fingerprint density at radius 1 is 1.21 bits per heavy atom. The van der Waals surface area contributed by atoms with Crippen molar-refractivity contribution in [2.24, 2.45) is 0 Å². The van der Waals surface area contributed by atoms with Crippen LogP contribution in [0, 0.1) is 0 Å². The van der Waals surface area contributed by atoms with Crippen molar-refractivity contribution in [2.75, 3.05) is 12.4 Å². The van der Waals surface area contributed by atoms with Gasteiger partial charge in [-0.15, -0.1) is 0 Å². The average molecular weight is 262 g/mol. The number of rotatable bonds is 3. The zero-order valence-corrected chi connectivity index (χ0v) is 11.3. The van der Waals surface area contributed by atoms with Crippen LogP contribution in [0.15, 0.2) is 12.1 Å². The van der Waals surface area contributed by atoms with Gasteiger partial charge in [-0.05, 0) is 42.9 Å². The molecule has 1 saturated carbocycles. The van der Waals surface area contributed by atoms with Gasteiger partial charge < -0.3 is 20.8 Å². The summed E-state index contributed by atoms with van der Waals surface area (Å²) in [7, 11) is 1.81. The summed E-state index contributed by atoms with van der Waals surface area (Å²) < 4.78 is 0. The molecule has 0 aromatic heterocycles. The van der Waals surface area contributed by atoms with Gasteiger partial charge in [0, 0.05) is 19.1 Å². The Hall–Kier alpha value is -1.26. The Bertz CT molecular complexity index is 471. The van der Waals surface area contributed by atoms with E-state index in [-0.39, 0.29) is 11.8 Å². The van der Waals surface area contributed by atoms with Crippen LogP contribution in [0.25, 0.3) is 0 Å². The van der Waals surface area contributed by atoms with Crippen LogP contribution in [-0.2, 0) is 6.42 Å². The van der Waals surface area contributed by atoms with Crippen LogP contribution < -0.4 is 10.6 Å². The fourth-order valence-corrected chi connectivity index (χ4v) is 3.20. The van der Waals surface area contributed by atoms with Crippen molar-refractivity contribution >= 4 is 5.69 Å². The van der Waals surface area contributed by atoms with Gasteiger partial charge in [0.25, 0.3) is 0 Å². The maximum atomic E-state index is 10.5. The van der Waals surface area contributed by atoms with E-state index in [1.54, 1.807) is 13.1 Å². The van der Waals surface area contributed by atoms with Crippen LogP contribution in [0.4, 0.5) is 5.69 Å². The molecule has 3 rings (SSSR count). The third-order valence-electron chi connectivity index (χ3n) is 4.54. The summed E-state index contributed by atoms with van der Waals surface area (Å²) in [6.07, 6.45) is 5.09. The van der Waals surface area contributed by atoms with E-state index in [1.807, 2.05) is 6.07 Å². The molecule has 2 aliphatic rings. The second kappa shape index (κ2) is 5.02. The second-order valence-corrected chi connectivity index (χ2v) is 5.66. The standard InChI is InChI=1S/C15H22N2O2/c1-16-14-10-5-7-12(17-9-3-2-4-9)15(19)11(10)6-8-13(14)18/h6,8-9,12,15-19H,2-5,7H2,1H3/t12-,15-/m0/s1. The van der Waals surface area contributed by atoms with Gasteiger partial charge in [-0.3, -0.25) is 0 Å². The van der Waals surface area contributed by atoms with Crippen LogP contribution in [-0.4, -0.2) is 29.3 Å². The number of aliphatic hydroxyl groups excluding tert-OH is 1. The molecule has 4 nitrogen and oxygen atoms in total. The topological polar surface area (TPSA) is 64.5 Å². The lowest BCUT2D eigenvalue weighted by Crippen LogP contribution is -2.47. The van der Waals surface area contributed by atoms with E-state index in [1.165, 1.54) is 19.3 Å². The number of anilines is 1. The molecule has 1 aromatic carbocycles. The lowest BCUT2D eigenvalue weighted by Gasteiger charge is -2.37. The normalized spacial score (nSPS) is 26.6. The van der Waals surface area contributed by atoms with Crippen molar-refractivity contribution < 1.29 is 10.2 Å². The van der Waals surface area contributed by atoms with Crippen molar-refractivity contribution in [1.29, 1.82) is 0 Å². The molecule has 104 valence electrons. The van der Waals surface area contributed by atoms with E-state index >= 15 is 0 Å². The largest absolute Gasteiger partial charge is 0.506 e. The second-order valence-electron chi connectivity index (χ2n) is 5.66. The van der Waals surface area contributed by atoms with Gasteiger partial charge in [0.2, 0.25) is 0 Å². The molecule has 0 unspecified atom stereocenters. The highest BCUT2D eigenvalue weighted by Gasteiger charge is 2.32. The number of aromatic hydroxyl groups is 1. The highest BCUT2D eigenvalue weighted by atomic mass is 16.3. The molecule has 0 amide bonds. The van der Waals surface area contributed by atoms with Gasteiger partial charge in [-0.2, -0.15) is 0 Å². The third kappa shape index (κ3) is 2.19. The SMILES string of the molecule is CNc1c(O)ccc2c1CC[C@H](NC1CCC1)[C@H]2O. The minimum atomic E-state index is -0.475. The van der Waals surface area contributed by atoms with Gasteiger partial charge in [0.15, 0.2) is 0 Å². The highest BCUT2D eigenvalue weighted by Crippen LogP contribution is 2.39. The Kier molecular flexibility index (Phi) is 3.37. The van der Waals surface area contributed by atoms with E-state index in [0.717, 1.165) is 29.7 Å². The maximum Gasteiger partial charge on any atom is 0.138 e. The lowest BCUT2D eigenvalue weighted by atomic mass is 9.83. The molecule has 2 atom stereocenters. The summed E-state index contributed by atoms with van der Waals surface area (Å²) in [5.74, 6) is 0.263. The van der Waals surface area contributed by atoms with Gasteiger partial charge >= 0.3 is 0 Å². The number of phenolic OH excluding ortho intramolecular Hbond substituents is 1. The minimum Gasteiger partial charge on any atom is -0.506 e. The first-order valence-electron chi connectivity index (χ1n) is 7.17. The van der Waals surface area contributed by atoms with E-state index in [0.29, 0.717) is 6.04 Å². The van der Waals surface area contributed by atoms with Gasteiger partial charge in [-0.25, -0.2) is 0 Å². The number of fused-ring (bicyclic) bond motifs is 1. The quantitative estimate of drug-likeness (QED) is 0.629. The Morgan fingerprint density at radius 2 is 2.00 bits per heavy atom. The van der Waals surface area contributed by atoms with Crippen molar-refractivity contribution in [3.05, 3.63) is 23.3 Å². The first kappa shape index (κ1) is 12.8. The molecule has 0 aliphatic heterocycles. The van der Waals surface area contributed by atoms with Crippen LogP contribution in [0.3, 0.4) is 0 Å². The summed E-state index contributed by atoms with van der Waals surface area (Å²) in [4.78, 5) is 0. The zero-order chi connectivity index (χ0) is 13.4. The summed E-state index contributed by atoms with van der Waals surface area (Å²) in [6.45, 7) is 0. The number of hydrogen-bond acceptors (Lipinski definition) is 4. The maximum absolute atomic E-state index is 10.5. The monoisotopic (exact) mass is 262 g/mol. The lowest BCUT2D eigenvalue weighted by molar-refractivity contribution is 0.0993. The summed E-state index contributed by atoms with van der Waals surface area (Å²) in [5.41, 5.74) is 2.77. The molecule has 19 heavy (non-hydrogen) atoms. The van der Waals surface area contributed by atoms with Gasteiger partial charge in [0.1, 0.15) is 5.75 Å². The van der Waals surface area contributed by atoms with E-state index < -0.39 is 6.10 Å². The first-order chi connectivity index (χ1) is 9.20. The summed E-state index contributed by atoms with van der Waals surface area (Å²) >= 11 is 0. The Labute approximate surface area is 113 Å². The molecule has 0 saturated heterocycles. The zero-order valence-electron chi connectivity index (χ0n) is 11.3. The fraction of sp³-hybridized carbons (Fsp3) is 0.600. The first-order valence-corrected chi connectivity index (χ1v) is 7.17. The Morgan fingerprint density at radius 3 is 2.63 bits per heavy atom. The average Bonchev–Trinajstić information content (AvgIpc) is 2.36. The fourth-order valence-electron chi connectivity index (χ4n) is 3.20. The molecule has 4 heteroatoms. The molecule has 0 radical (unpaired) electrons. The number of phenols is 1. The molecule has 1 fully saturated rings. The van der Waals surface area contributed by atoms with Gasteiger partial charge in [0.05, 0.1) is 11.8 Å². The Balaban J connectivity index is 1.84. The van der Waals surface area contributed by atoms with Crippen LogP contribution in [0.1, 0.15) is 42.9 Å². The smallest absolute Gasteiger partial charge is 0.138 e. The van der Waals surface area contributed by atoms with Crippen molar-refractivity contribution in [3.8, 4) is 5.75 Å². The van der Waals surface area contributed by atoms with Crippen molar-refractivity contribution in [3.63, 3.8) is 0 Å². The summed E-state index contributed by atoms with van der Waals surface area (Å²) in [5, 5.41) is 27.0. The van der Waals surface area contributed by atoms with Crippen molar-refractivity contribution in [2.45, 2.75) is 50.3 Å². The van der Waals surface area contributed by atoms with E-state index in [9.17, 15) is 10.2 Å². The predicted octanol–water partition coefficient (Wildman–Crippen LogP) is 1.92. The van der Waals surface area contributed by atoms with E-state index in [4.69, 9.17) is 0 Å². The molecule has 2 aliphatic carbocycles. The van der Waals surface area contributed by atoms with Gasteiger partial charge in [-0.1, -0.05) is 12.5 Å². The van der Waals surface area contributed by atoms with E-state index in [2.05, 4.69) is 10.6 Å². The molecule has 0 bridgehead atoms. The molecule has 4 N–H and O–H groups in total. The molecule has 0 heterocycles. The highest BCUT2D eigenvalue weighted by molar-refractivity contribution is 5.64. The van der Waals surface area contributed by atoms with Crippen LogP contribution >= 0.6 is 0 Å². The number of nitrogens with one attached hydrogen (secondary N) is 2. The number of benzene rings is 1. The molecule has 1 aromatic rings. The van der Waals surface area contributed by atoms with Crippen molar-refractivity contribution in [1.82, 2.24) is 5.32 Å². The minimum absolute atomic E-state index is 0.145. The van der Waals surface area contributed by atoms with Crippen LogP contribution in [0.5, 0.6) is 5.75 Å². The number of aliphatic hydroxyl groups is 1. The molecular formula is C15H22N2O2. The van der Waals surface area contributed by atoms with Crippen LogP contribution in [0.2, 0.25) is 0 Å². The predicted molar refractivity (Wildman–Crippen MR) is 75.5 cm³/mol. The molecule has 0 spiro atoms.